The van der Waals surface area contributed by atoms with Crippen molar-refractivity contribution in [2.24, 2.45) is 4.99 Å². The molecule has 0 bridgehead atoms. The third-order valence-electron chi connectivity index (χ3n) is 4.69. The summed E-state index contributed by atoms with van der Waals surface area (Å²) in [5.74, 6) is 1.62. The van der Waals surface area contributed by atoms with E-state index in [4.69, 9.17) is 21.0 Å². The van der Waals surface area contributed by atoms with E-state index in [9.17, 15) is 0 Å². The van der Waals surface area contributed by atoms with Crippen molar-refractivity contribution in [2.45, 2.75) is 38.6 Å². The van der Waals surface area contributed by atoms with Gasteiger partial charge in [0.05, 0.1) is 6.54 Å². The molecule has 5 heteroatoms. The van der Waals surface area contributed by atoms with Crippen molar-refractivity contribution < 1.29 is 4.42 Å². The molecule has 1 aromatic carbocycles. The Morgan fingerprint density at radius 2 is 2.12 bits per heavy atom. The number of anilines is 1. The Morgan fingerprint density at radius 3 is 3.04 bits per heavy atom. The van der Waals surface area contributed by atoms with Gasteiger partial charge in [0.25, 0.3) is 0 Å². The van der Waals surface area contributed by atoms with Gasteiger partial charge in [-0.2, -0.15) is 0 Å². The number of rotatable bonds is 2. The number of nitrogens with zero attached hydrogens (tertiary/aromatic N) is 3. The summed E-state index contributed by atoms with van der Waals surface area (Å²) >= 11 is 6.16. The van der Waals surface area contributed by atoms with Crippen molar-refractivity contribution in [3.8, 4) is 0 Å². The molecule has 0 fully saturated rings. The maximum absolute atomic E-state index is 6.16. The highest BCUT2D eigenvalue weighted by Gasteiger charge is 2.22. The van der Waals surface area contributed by atoms with Gasteiger partial charge in [-0.05, 0) is 50.0 Å². The third kappa shape index (κ3) is 3.91. The molecule has 4 nitrogen and oxygen atoms in total. The summed E-state index contributed by atoms with van der Waals surface area (Å²) in [6, 6.07) is 7.99. The predicted octanol–water partition coefficient (Wildman–Crippen LogP) is 5.43. The SMILES string of the molecule is Clc1cccc(N2CCCc3oc(C4=C\CCC/C=C/C=N/4)nc3C2)c1. The summed E-state index contributed by atoms with van der Waals surface area (Å²) in [6.07, 6.45) is 13.2. The van der Waals surface area contributed by atoms with E-state index in [-0.39, 0.29) is 0 Å². The summed E-state index contributed by atoms with van der Waals surface area (Å²) in [7, 11) is 0. The fraction of sp³-hybridized carbons (Fsp3) is 0.333. The minimum Gasteiger partial charge on any atom is -0.440 e. The Labute approximate surface area is 158 Å². The van der Waals surface area contributed by atoms with Crippen molar-refractivity contribution in [1.82, 2.24) is 4.98 Å². The largest absolute Gasteiger partial charge is 0.440 e. The van der Waals surface area contributed by atoms with Crippen molar-refractivity contribution in [2.75, 3.05) is 11.4 Å². The van der Waals surface area contributed by atoms with Crippen LogP contribution in [-0.4, -0.2) is 17.7 Å². The van der Waals surface area contributed by atoms with Crippen LogP contribution in [0.4, 0.5) is 5.69 Å². The molecule has 134 valence electrons. The van der Waals surface area contributed by atoms with Crippen LogP contribution in [0.3, 0.4) is 0 Å². The number of oxazole rings is 1. The smallest absolute Gasteiger partial charge is 0.245 e. The van der Waals surface area contributed by atoms with E-state index in [1.807, 2.05) is 30.5 Å². The monoisotopic (exact) mass is 367 g/mol. The summed E-state index contributed by atoms with van der Waals surface area (Å²) in [4.78, 5) is 11.6. The lowest BCUT2D eigenvalue weighted by molar-refractivity contribution is 0.486. The molecule has 0 unspecified atom stereocenters. The Morgan fingerprint density at radius 1 is 1.15 bits per heavy atom. The van der Waals surface area contributed by atoms with Gasteiger partial charge in [0.15, 0.2) is 0 Å². The molecule has 0 N–H and O–H groups in total. The Hall–Kier alpha value is -2.33. The zero-order chi connectivity index (χ0) is 17.8. The van der Waals surface area contributed by atoms with Crippen molar-refractivity contribution >= 4 is 29.2 Å². The Balaban J connectivity index is 1.61. The topological polar surface area (TPSA) is 41.6 Å². The summed E-state index contributed by atoms with van der Waals surface area (Å²) in [5.41, 5.74) is 2.96. The summed E-state index contributed by atoms with van der Waals surface area (Å²) < 4.78 is 6.10. The summed E-state index contributed by atoms with van der Waals surface area (Å²) in [6.45, 7) is 1.70. The van der Waals surface area contributed by atoms with E-state index < -0.39 is 0 Å². The molecule has 2 aliphatic heterocycles. The average Bonchev–Trinajstić information content (AvgIpc) is 3.00. The Kier molecular flexibility index (Phi) is 5.21. The van der Waals surface area contributed by atoms with E-state index in [0.717, 1.165) is 73.1 Å². The van der Waals surface area contributed by atoms with E-state index in [1.165, 1.54) is 0 Å². The van der Waals surface area contributed by atoms with Gasteiger partial charge >= 0.3 is 0 Å². The molecule has 2 aromatic rings. The molecule has 1 aromatic heterocycles. The molecule has 4 rings (SSSR count). The second kappa shape index (κ2) is 7.92. The van der Waals surface area contributed by atoms with E-state index in [0.29, 0.717) is 5.89 Å². The maximum atomic E-state index is 6.16. The van der Waals surface area contributed by atoms with Gasteiger partial charge < -0.3 is 9.32 Å². The molecule has 0 radical (unpaired) electrons. The van der Waals surface area contributed by atoms with Gasteiger partial charge in [0, 0.05) is 29.9 Å². The fourth-order valence-electron chi connectivity index (χ4n) is 3.35. The number of benzene rings is 1. The van der Waals surface area contributed by atoms with Crippen LogP contribution in [0, 0.1) is 0 Å². The van der Waals surface area contributed by atoms with Gasteiger partial charge in [0.2, 0.25) is 5.89 Å². The normalized spacial score (nSPS) is 22.2. The van der Waals surface area contributed by atoms with Crippen molar-refractivity contribution in [3.63, 3.8) is 0 Å². The van der Waals surface area contributed by atoms with E-state index in [2.05, 4.69) is 28.1 Å². The number of hydrogen-bond donors (Lipinski definition) is 0. The first-order valence-electron chi connectivity index (χ1n) is 9.18. The maximum Gasteiger partial charge on any atom is 0.245 e. The lowest BCUT2D eigenvalue weighted by Crippen LogP contribution is -2.22. The Bertz CT molecular complexity index is 866. The highest BCUT2D eigenvalue weighted by atomic mass is 35.5. The van der Waals surface area contributed by atoms with Gasteiger partial charge in [-0.3, -0.25) is 4.99 Å². The number of halogens is 1. The van der Waals surface area contributed by atoms with Crippen molar-refractivity contribution in [3.05, 3.63) is 64.9 Å². The number of allylic oxidation sites excluding steroid dienone is 3. The number of aliphatic imine (C=N–C) groups is 1. The molecule has 26 heavy (non-hydrogen) atoms. The zero-order valence-corrected chi connectivity index (χ0v) is 15.5. The highest BCUT2D eigenvalue weighted by molar-refractivity contribution is 6.30. The van der Waals surface area contributed by atoms with Crippen LogP contribution < -0.4 is 4.90 Å². The number of aryl methyl sites for hydroxylation is 1. The number of fused-ring (bicyclic) bond motifs is 1. The fourth-order valence-corrected chi connectivity index (χ4v) is 3.53. The lowest BCUT2D eigenvalue weighted by atomic mass is 10.2. The van der Waals surface area contributed by atoms with Crippen LogP contribution in [0.25, 0.3) is 5.70 Å². The lowest BCUT2D eigenvalue weighted by Gasteiger charge is -2.22. The minimum atomic E-state index is 0.634. The second-order valence-corrected chi connectivity index (χ2v) is 7.06. The van der Waals surface area contributed by atoms with Crippen LogP contribution in [0.2, 0.25) is 5.02 Å². The number of aromatic nitrogens is 1. The van der Waals surface area contributed by atoms with Gasteiger partial charge in [-0.25, -0.2) is 4.98 Å². The molecule has 2 aliphatic rings. The molecule has 0 atom stereocenters. The molecule has 0 spiro atoms. The first-order valence-corrected chi connectivity index (χ1v) is 9.56. The molecular weight excluding hydrogens is 346 g/mol. The standard InChI is InChI=1S/C21H22ClN3O/c22-16-8-6-9-17(14-16)25-13-7-11-20-19(15-25)24-21(26-20)18-10-4-2-1-3-5-12-23-18/h3,5-6,8-10,12,14H,1-2,4,7,11,13,15H2/b5-3+,18-10-,23-12+. The van der Waals surface area contributed by atoms with Crippen LogP contribution in [-0.2, 0) is 13.0 Å². The first-order chi connectivity index (χ1) is 12.8. The average molecular weight is 368 g/mol. The quantitative estimate of drug-likeness (QED) is 0.710. The molecule has 0 saturated carbocycles. The molecular formula is C21H22ClN3O. The minimum absolute atomic E-state index is 0.634. The molecule has 0 aliphatic carbocycles. The summed E-state index contributed by atoms with van der Waals surface area (Å²) in [5, 5.41) is 0.756. The van der Waals surface area contributed by atoms with Gasteiger partial charge in [-0.1, -0.05) is 29.8 Å². The van der Waals surface area contributed by atoms with Crippen LogP contribution >= 0.6 is 11.6 Å². The number of hydrogen-bond acceptors (Lipinski definition) is 4. The van der Waals surface area contributed by atoms with E-state index in [1.54, 1.807) is 0 Å². The van der Waals surface area contributed by atoms with E-state index >= 15 is 0 Å². The first kappa shape index (κ1) is 17.1. The predicted molar refractivity (Wildman–Crippen MR) is 107 cm³/mol. The molecule has 0 saturated heterocycles. The van der Waals surface area contributed by atoms with Crippen LogP contribution in [0.5, 0.6) is 0 Å². The second-order valence-electron chi connectivity index (χ2n) is 6.62. The molecule has 0 amide bonds. The third-order valence-corrected chi connectivity index (χ3v) is 4.93. The van der Waals surface area contributed by atoms with Crippen LogP contribution in [0.1, 0.15) is 43.0 Å². The molecule has 3 heterocycles. The van der Waals surface area contributed by atoms with Crippen LogP contribution in [0.15, 0.2) is 51.9 Å². The van der Waals surface area contributed by atoms with Crippen molar-refractivity contribution in [1.29, 1.82) is 0 Å². The highest BCUT2D eigenvalue weighted by Crippen LogP contribution is 2.28. The van der Waals surface area contributed by atoms with Gasteiger partial charge in [0.1, 0.15) is 17.2 Å². The van der Waals surface area contributed by atoms with Gasteiger partial charge in [-0.15, -0.1) is 0 Å². The zero-order valence-electron chi connectivity index (χ0n) is 14.7.